The second-order valence-corrected chi connectivity index (χ2v) is 5.84. The lowest BCUT2D eigenvalue weighted by molar-refractivity contribution is 0.108. The number of anilines is 1. The van der Waals surface area contributed by atoms with E-state index in [1.165, 1.54) is 12.7 Å². The van der Waals surface area contributed by atoms with Gasteiger partial charge >= 0.3 is 6.09 Å². The molecular weight excluding hydrogens is 270 g/mol. The first-order valence-corrected chi connectivity index (χ1v) is 7.13. The number of amides is 1. The van der Waals surface area contributed by atoms with Crippen molar-refractivity contribution in [1.29, 1.82) is 0 Å². The van der Waals surface area contributed by atoms with Crippen molar-refractivity contribution >= 4 is 22.9 Å². The summed E-state index contributed by atoms with van der Waals surface area (Å²) in [6, 6.07) is 1.91. The van der Waals surface area contributed by atoms with Crippen LogP contribution < -0.4 is 4.90 Å². The number of nitrogens with one attached hydrogen (secondary N) is 1. The summed E-state index contributed by atoms with van der Waals surface area (Å²) < 4.78 is 5.38. The fraction of sp³-hybridized carbons (Fsp3) is 0.500. The van der Waals surface area contributed by atoms with Gasteiger partial charge in [-0.2, -0.15) is 0 Å². The average molecular weight is 287 g/mol. The fourth-order valence-electron chi connectivity index (χ4n) is 3.01. The number of hydrogen-bond acceptors (Lipinski definition) is 5. The van der Waals surface area contributed by atoms with Crippen molar-refractivity contribution < 1.29 is 9.53 Å². The van der Waals surface area contributed by atoms with Gasteiger partial charge in [0, 0.05) is 26.3 Å². The number of carbonyl (C=O) groups excluding carboxylic acids is 1. The first-order valence-electron chi connectivity index (χ1n) is 7.13. The molecule has 0 aromatic carbocycles. The molecule has 1 aliphatic carbocycles. The molecule has 21 heavy (non-hydrogen) atoms. The van der Waals surface area contributed by atoms with Gasteiger partial charge in [0.2, 0.25) is 0 Å². The van der Waals surface area contributed by atoms with E-state index < -0.39 is 0 Å². The third-order valence-corrected chi connectivity index (χ3v) is 4.31. The molecule has 2 fully saturated rings. The van der Waals surface area contributed by atoms with Crippen LogP contribution >= 0.6 is 0 Å². The normalized spacial score (nSPS) is 23.2. The molecule has 2 atom stereocenters. The Bertz CT molecular complexity index is 675. The first kappa shape index (κ1) is 12.4. The zero-order chi connectivity index (χ0) is 14.4. The van der Waals surface area contributed by atoms with Crippen LogP contribution in [0.3, 0.4) is 0 Å². The monoisotopic (exact) mass is 287 g/mol. The van der Waals surface area contributed by atoms with Gasteiger partial charge < -0.3 is 19.5 Å². The SMILES string of the molecule is CN(COC(=O)N1CC2CC2C1)c1ncnc2[nH]ccc12. The smallest absolute Gasteiger partial charge is 0.411 e. The molecule has 0 spiro atoms. The van der Waals surface area contributed by atoms with E-state index in [1.54, 1.807) is 4.90 Å². The van der Waals surface area contributed by atoms with Gasteiger partial charge in [0.1, 0.15) is 17.8 Å². The molecule has 0 bridgehead atoms. The molecule has 1 aliphatic heterocycles. The Morgan fingerprint density at radius 3 is 3.10 bits per heavy atom. The molecule has 0 radical (unpaired) electrons. The Morgan fingerprint density at radius 1 is 1.48 bits per heavy atom. The van der Waals surface area contributed by atoms with Crippen LogP contribution in [0.4, 0.5) is 10.6 Å². The summed E-state index contributed by atoms with van der Waals surface area (Å²) in [5.41, 5.74) is 0.776. The largest absolute Gasteiger partial charge is 0.428 e. The van der Waals surface area contributed by atoms with Crippen molar-refractivity contribution in [3.8, 4) is 0 Å². The van der Waals surface area contributed by atoms with Crippen molar-refractivity contribution in [3.63, 3.8) is 0 Å². The summed E-state index contributed by atoms with van der Waals surface area (Å²) in [5.74, 6) is 2.19. The Kier molecular flexibility index (Phi) is 2.73. The van der Waals surface area contributed by atoms with Gasteiger partial charge in [0.05, 0.1) is 5.39 Å². The molecule has 2 unspecified atom stereocenters. The van der Waals surface area contributed by atoms with Crippen LogP contribution in [0.2, 0.25) is 0 Å². The number of hydrogen-bond donors (Lipinski definition) is 1. The van der Waals surface area contributed by atoms with Crippen LogP contribution in [0.15, 0.2) is 18.6 Å². The van der Waals surface area contributed by atoms with Crippen molar-refractivity contribution in [3.05, 3.63) is 18.6 Å². The van der Waals surface area contributed by atoms with E-state index in [4.69, 9.17) is 4.74 Å². The highest BCUT2D eigenvalue weighted by Crippen LogP contribution is 2.44. The second kappa shape index (κ2) is 4.61. The minimum absolute atomic E-state index is 0.182. The van der Waals surface area contributed by atoms with Crippen LogP contribution in [0.5, 0.6) is 0 Å². The number of piperidine rings is 1. The number of rotatable bonds is 3. The lowest BCUT2D eigenvalue weighted by Crippen LogP contribution is -2.34. The van der Waals surface area contributed by atoms with E-state index in [9.17, 15) is 4.79 Å². The fourth-order valence-corrected chi connectivity index (χ4v) is 3.01. The van der Waals surface area contributed by atoms with Crippen molar-refractivity contribution in [2.45, 2.75) is 6.42 Å². The standard InChI is InChI=1S/C14H17N5O2/c1-18(13-11-2-3-15-12(11)16-7-17-13)8-21-14(20)19-5-9-4-10(9)6-19/h2-3,7,9-10H,4-6,8H2,1H3,(H,15,16,17). The summed E-state index contributed by atoms with van der Waals surface area (Å²) >= 11 is 0. The van der Waals surface area contributed by atoms with Crippen LogP contribution in [-0.4, -0.2) is 52.8 Å². The number of aromatic amines is 1. The van der Waals surface area contributed by atoms with Gasteiger partial charge in [-0.3, -0.25) is 0 Å². The molecule has 4 rings (SSSR count). The maximum atomic E-state index is 12.0. The molecule has 2 aromatic heterocycles. The summed E-state index contributed by atoms with van der Waals surface area (Å²) in [6.45, 7) is 1.88. The highest BCUT2D eigenvalue weighted by atomic mass is 16.6. The highest BCUT2D eigenvalue weighted by Gasteiger charge is 2.47. The number of aromatic nitrogens is 3. The zero-order valence-electron chi connectivity index (χ0n) is 11.8. The summed E-state index contributed by atoms with van der Waals surface area (Å²) in [6.07, 6.45) is 4.36. The number of carbonyl (C=O) groups is 1. The Morgan fingerprint density at radius 2 is 2.29 bits per heavy atom. The lowest BCUT2D eigenvalue weighted by Gasteiger charge is -2.22. The van der Waals surface area contributed by atoms with Gasteiger partial charge in [-0.25, -0.2) is 14.8 Å². The molecule has 7 nitrogen and oxygen atoms in total. The number of fused-ring (bicyclic) bond motifs is 2. The Labute approximate surface area is 121 Å². The minimum Gasteiger partial charge on any atom is -0.428 e. The minimum atomic E-state index is -0.228. The third kappa shape index (κ3) is 2.18. The average Bonchev–Trinajstić information content (AvgIpc) is 2.93. The van der Waals surface area contributed by atoms with Crippen molar-refractivity contribution in [2.75, 3.05) is 31.8 Å². The molecule has 7 heteroatoms. The van der Waals surface area contributed by atoms with Crippen LogP contribution in [-0.2, 0) is 4.74 Å². The predicted octanol–water partition coefficient (Wildman–Crippen LogP) is 1.44. The Hall–Kier alpha value is -2.31. The Balaban J connectivity index is 1.40. The van der Waals surface area contributed by atoms with E-state index in [0.29, 0.717) is 0 Å². The van der Waals surface area contributed by atoms with E-state index in [2.05, 4.69) is 15.0 Å². The van der Waals surface area contributed by atoms with Crippen LogP contribution in [0.25, 0.3) is 11.0 Å². The molecule has 2 aromatic rings. The molecular formula is C14H17N5O2. The van der Waals surface area contributed by atoms with E-state index in [1.807, 2.05) is 24.2 Å². The van der Waals surface area contributed by atoms with E-state index >= 15 is 0 Å². The van der Waals surface area contributed by atoms with Gasteiger partial charge in [0.25, 0.3) is 0 Å². The van der Waals surface area contributed by atoms with Gasteiger partial charge in [-0.15, -0.1) is 0 Å². The lowest BCUT2D eigenvalue weighted by atomic mass is 10.3. The maximum Gasteiger partial charge on any atom is 0.411 e. The van der Waals surface area contributed by atoms with Crippen LogP contribution in [0.1, 0.15) is 6.42 Å². The van der Waals surface area contributed by atoms with Gasteiger partial charge in [-0.1, -0.05) is 0 Å². The molecule has 1 saturated heterocycles. The van der Waals surface area contributed by atoms with Gasteiger partial charge in [0.15, 0.2) is 6.73 Å². The topological polar surface area (TPSA) is 74.3 Å². The summed E-state index contributed by atoms with van der Waals surface area (Å²) in [4.78, 5) is 27.1. The highest BCUT2D eigenvalue weighted by molar-refractivity contribution is 5.87. The predicted molar refractivity (Wildman–Crippen MR) is 76.8 cm³/mol. The number of ether oxygens (including phenoxy) is 1. The number of nitrogens with zero attached hydrogens (tertiary/aromatic N) is 4. The first-order chi connectivity index (χ1) is 10.2. The van der Waals surface area contributed by atoms with Crippen molar-refractivity contribution in [2.24, 2.45) is 11.8 Å². The summed E-state index contributed by atoms with van der Waals surface area (Å²) in [7, 11) is 1.85. The second-order valence-electron chi connectivity index (χ2n) is 5.84. The van der Waals surface area contributed by atoms with Gasteiger partial charge in [-0.05, 0) is 24.3 Å². The van der Waals surface area contributed by atoms with E-state index in [-0.39, 0.29) is 12.8 Å². The summed E-state index contributed by atoms with van der Waals surface area (Å²) in [5, 5.41) is 0.915. The number of likely N-dealkylation sites (tertiary alicyclic amines) is 1. The molecule has 3 heterocycles. The quantitative estimate of drug-likeness (QED) is 0.865. The molecule has 1 N–H and O–H groups in total. The van der Waals surface area contributed by atoms with Crippen molar-refractivity contribution in [1.82, 2.24) is 19.9 Å². The zero-order valence-corrected chi connectivity index (χ0v) is 11.8. The maximum absolute atomic E-state index is 12.0. The molecule has 110 valence electrons. The molecule has 1 saturated carbocycles. The third-order valence-electron chi connectivity index (χ3n) is 4.31. The van der Waals surface area contributed by atoms with E-state index in [0.717, 1.165) is 41.8 Å². The molecule has 1 amide bonds. The molecule has 2 aliphatic rings. The number of H-pyrrole nitrogens is 1. The van der Waals surface area contributed by atoms with Crippen LogP contribution in [0, 0.1) is 11.8 Å².